The van der Waals surface area contributed by atoms with Crippen molar-refractivity contribution in [1.82, 2.24) is 24.1 Å². The number of aromatic nitrogens is 4. The van der Waals surface area contributed by atoms with Crippen LogP contribution in [-0.4, -0.2) is 79.5 Å². The van der Waals surface area contributed by atoms with Crippen LogP contribution in [0.3, 0.4) is 0 Å². The summed E-state index contributed by atoms with van der Waals surface area (Å²) in [4.78, 5) is 15.2. The van der Waals surface area contributed by atoms with Crippen molar-refractivity contribution in [2.75, 3.05) is 51.1 Å². The molecule has 16 heteroatoms. The van der Waals surface area contributed by atoms with Gasteiger partial charge in [-0.2, -0.15) is 4.72 Å². The Morgan fingerprint density at radius 1 is 1.13 bits per heavy atom. The fourth-order valence-corrected chi connectivity index (χ4v) is 7.29. The van der Waals surface area contributed by atoms with Crippen LogP contribution in [0.4, 0.5) is 18.9 Å². The lowest BCUT2D eigenvalue weighted by Gasteiger charge is -2.48. The van der Waals surface area contributed by atoms with Crippen molar-refractivity contribution in [3.63, 3.8) is 0 Å². The van der Waals surface area contributed by atoms with Gasteiger partial charge in [-0.05, 0) is 25.0 Å². The second kappa shape index (κ2) is 9.01. The number of alkyl halides is 3. The number of fused-ring (bicyclic) bond motifs is 1. The third kappa shape index (κ3) is 4.04. The van der Waals surface area contributed by atoms with E-state index in [1.807, 2.05) is 4.90 Å². The van der Waals surface area contributed by atoms with Gasteiger partial charge in [-0.1, -0.05) is 11.3 Å². The normalized spacial score (nSPS) is 20.7. The van der Waals surface area contributed by atoms with Crippen molar-refractivity contribution in [2.45, 2.75) is 29.7 Å². The van der Waals surface area contributed by atoms with E-state index in [1.54, 1.807) is 0 Å². The molecule has 0 atom stereocenters. The number of hydrogen-bond donors (Lipinski definition) is 1. The fraction of sp³-hybridized carbons (Fsp3) is 0.591. The van der Waals surface area contributed by atoms with Crippen LogP contribution in [0, 0.1) is 5.41 Å². The maximum absolute atomic E-state index is 13.7. The first-order valence-corrected chi connectivity index (χ1v) is 14.2. The maximum atomic E-state index is 13.7. The Kier molecular flexibility index (Phi) is 6.10. The second-order valence-electron chi connectivity index (χ2n) is 10.2. The smallest absolute Gasteiger partial charge is 0.335 e. The topological polar surface area (TPSA) is 121 Å². The zero-order chi connectivity index (χ0) is 26.9. The van der Waals surface area contributed by atoms with Crippen LogP contribution in [0.15, 0.2) is 21.8 Å². The first kappa shape index (κ1) is 25.7. The van der Waals surface area contributed by atoms with E-state index < -0.39 is 39.4 Å². The number of piperidine rings is 1. The monoisotopic (exact) mass is 574 g/mol. The molecule has 3 fully saturated rings. The highest BCUT2D eigenvalue weighted by Gasteiger charge is 2.44. The lowest BCUT2D eigenvalue weighted by molar-refractivity contribution is -0.124. The van der Waals surface area contributed by atoms with Gasteiger partial charge in [0.2, 0.25) is 15.2 Å². The largest absolute Gasteiger partial charge is 0.380 e. The fourth-order valence-electron chi connectivity index (χ4n) is 5.19. The van der Waals surface area contributed by atoms with Gasteiger partial charge in [0.1, 0.15) is 12.2 Å². The molecule has 0 radical (unpaired) electrons. The molecule has 38 heavy (non-hydrogen) atoms. The highest BCUT2D eigenvalue weighted by Crippen LogP contribution is 2.41. The molecular formula is C22H25F3N6O5S2. The third-order valence-electron chi connectivity index (χ3n) is 7.56. The van der Waals surface area contributed by atoms with Crippen molar-refractivity contribution < 1.29 is 31.1 Å². The Morgan fingerprint density at radius 2 is 1.82 bits per heavy atom. The van der Waals surface area contributed by atoms with Gasteiger partial charge in [-0.15, -0.1) is 10.2 Å². The number of rotatable bonds is 7. The summed E-state index contributed by atoms with van der Waals surface area (Å²) >= 11 is 0.547. The lowest BCUT2D eigenvalue weighted by Crippen LogP contribution is -2.63. The highest BCUT2D eigenvalue weighted by atomic mass is 32.2. The average molecular weight is 575 g/mol. The first-order valence-electron chi connectivity index (χ1n) is 11.9. The molecular weight excluding hydrogens is 549 g/mol. The van der Waals surface area contributed by atoms with Gasteiger partial charge in [0, 0.05) is 25.6 Å². The summed E-state index contributed by atoms with van der Waals surface area (Å²) in [5, 5.41) is 6.59. The summed E-state index contributed by atoms with van der Waals surface area (Å²) in [5.74, 6) is 0. The van der Waals surface area contributed by atoms with Crippen molar-refractivity contribution in [1.29, 1.82) is 0 Å². The van der Waals surface area contributed by atoms with Crippen molar-refractivity contribution >= 4 is 38.1 Å². The summed E-state index contributed by atoms with van der Waals surface area (Å²) < 4.78 is 82.5. The number of anilines is 1. The van der Waals surface area contributed by atoms with E-state index in [1.165, 1.54) is 23.7 Å². The highest BCUT2D eigenvalue weighted by molar-refractivity contribution is 7.89. The molecule has 206 valence electrons. The molecule has 3 saturated heterocycles. The van der Waals surface area contributed by atoms with E-state index in [9.17, 15) is 26.4 Å². The van der Waals surface area contributed by atoms with Gasteiger partial charge >= 0.3 is 5.69 Å². The summed E-state index contributed by atoms with van der Waals surface area (Å²) in [7, 11) is -2.74. The standard InChI is InChI=1S/C22H25F3N6O5S2/c1-29-16-14(30-4-2-21(3-5-30)9-35-10-21)6-13(38(33,34)28-22(8-23)11-36-12-22)7-15(16)31(20(29)32)19-27-26-18(37-19)17(24)25/h6-7,17,28H,2-5,8-12H2,1H3. The Bertz CT molecular complexity index is 1550. The molecule has 0 unspecified atom stereocenters. The number of benzene rings is 1. The van der Waals surface area contributed by atoms with Crippen LogP contribution in [0.25, 0.3) is 16.2 Å². The third-order valence-corrected chi connectivity index (χ3v) is 10.0. The first-order chi connectivity index (χ1) is 18.1. The summed E-state index contributed by atoms with van der Waals surface area (Å²) in [5.41, 5.74) is -0.760. The molecule has 3 aliphatic rings. The molecule has 1 aromatic carbocycles. The van der Waals surface area contributed by atoms with E-state index in [4.69, 9.17) is 9.47 Å². The van der Waals surface area contributed by atoms with E-state index in [0.29, 0.717) is 48.8 Å². The minimum absolute atomic E-state index is 0.106. The lowest BCUT2D eigenvalue weighted by atomic mass is 9.77. The molecule has 0 aliphatic carbocycles. The van der Waals surface area contributed by atoms with E-state index in [2.05, 4.69) is 14.9 Å². The molecule has 2 aromatic heterocycles. The number of aryl methyl sites for hydroxylation is 1. The molecule has 0 amide bonds. The predicted octanol–water partition coefficient (Wildman–Crippen LogP) is 1.75. The number of nitrogens with one attached hydrogen (secondary N) is 1. The van der Waals surface area contributed by atoms with Gasteiger partial charge < -0.3 is 14.4 Å². The van der Waals surface area contributed by atoms with Crippen LogP contribution in [0.2, 0.25) is 0 Å². The summed E-state index contributed by atoms with van der Waals surface area (Å²) in [6.07, 6.45) is -1.22. The quantitative estimate of drug-likeness (QED) is 0.453. The Labute approximate surface area is 219 Å². The van der Waals surface area contributed by atoms with Crippen LogP contribution in [0.1, 0.15) is 24.3 Å². The van der Waals surface area contributed by atoms with Crippen LogP contribution >= 0.6 is 11.3 Å². The summed E-state index contributed by atoms with van der Waals surface area (Å²) in [6.45, 7) is 1.41. The van der Waals surface area contributed by atoms with Crippen molar-refractivity contribution in [3.05, 3.63) is 27.6 Å². The Balaban J connectivity index is 1.52. The van der Waals surface area contributed by atoms with Crippen molar-refractivity contribution in [2.24, 2.45) is 12.5 Å². The molecule has 0 bridgehead atoms. The second-order valence-corrected chi connectivity index (χ2v) is 12.9. The van der Waals surface area contributed by atoms with Crippen LogP contribution in [0.5, 0.6) is 0 Å². The number of halogens is 3. The molecule has 6 rings (SSSR count). The van der Waals surface area contributed by atoms with Gasteiger partial charge in [-0.25, -0.2) is 31.0 Å². The molecule has 5 heterocycles. The number of nitrogens with zero attached hydrogens (tertiary/aromatic N) is 5. The predicted molar refractivity (Wildman–Crippen MR) is 131 cm³/mol. The van der Waals surface area contributed by atoms with Gasteiger partial charge in [0.15, 0.2) is 5.01 Å². The van der Waals surface area contributed by atoms with E-state index in [0.717, 1.165) is 17.4 Å². The number of ether oxygens (including phenoxy) is 2. The molecule has 3 aliphatic heterocycles. The van der Waals surface area contributed by atoms with Gasteiger partial charge in [-0.3, -0.25) is 4.57 Å². The number of sulfonamides is 1. The van der Waals surface area contributed by atoms with Gasteiger partial charge in [0.25, 0.3) is 6.43 Å². The number of imidazole rings is 1. The molecule has 1 spiro atoms. The van der Waals surface area contributed by atoms with E-state index in [-0.39, 0.29) is 34.2 Å². The van der Waals surface area contributed by atoms with Gasteiger partial charge in [0.05, 0.1) is 48.0 Å². The Morgan fingerprint density at radius 3 is 2.34 bits per heavy atom. The Hall–Kier alpha value is -2.53. The molecule has 3 aromatic rings. The van der Waals surface area contributed by atoms with Crippen molar-refractivity contribution in [3.8, 4) is 5.13 Å². The summed E-state index contributed by atoms with van der Waals surface area (Å²) in [6, 6.07) is 2.75. The molecule has 1 N–H and O–H groups in total. The zero-order valence-electron chi connectivity index (χ0n) is 20.3. The molecule has 0 saturated carbocycles. The molecule has 11 nitrogen and oxygen atoms in total. The zero-order valence-corrected chi connectivity index (χ0v) is 22.0. The average Bonchev–Trinajstić information content (AvgIpc) is 3.43. The van der Waals surface area contributed by atoms with E-state index >= 15 is 0 Å². The van der Waals surface area contributed by atoms with Crippen LogP contribution < -0.4 is 15.3 Å². The minimum Gasteiger partial charge on any atom is -0.380 e. The number of hydrogen-bond acceptors (Lipinski definition) is 9. The SMILES string of the molecule is Cn1c(=O)n(-c2nnc(C(F)F)s2)c2cc(S(=O)(=O)NC3(CF)COC3)cc(N3CCC4(CC3)COC4)c21. The van der Waals surface area contributed by atoms with Crippen LogP contribution in [-0.2, 0) is 26.5 Å². The minimum atomic E-state index is -4.26. The maximum Gasteiger partial charge on any atom is 0.335 e.